The average molecular weight is 265 g/mol. The van der Waals surface area contributed by atoms with Crippen molar-refractivity contribution in [3.05, 3.63) is 35.4 Å². The van der Waals surface area contributed by atoms with Crippen LogP contribution in [0.1, 0.15) is 30.4 Å². The largest absolute Gasteiger partial charge is 0.382 e. The van der Waals surface area contributed by atoms with Gasteiger partial charge in [0.1, 0.15) is 0 Å². The van der Waals surface area contributed by atoms with Gasteiger partial charge < -0.3 is 14.8 Å². The van der Waals surface area contributed by atoms with Crippen LogP contribution in [-0.4, -0.2) is 40.0 Å². The zero-order valence-corrected chi connectivity index (χ0v) is 12.4. The van der Waals surface area contributed by atoms with E-state index >= 15 is 0 Å². The molecule has 0 bridgehead atoms. The van der Waals surface area contributed by atoms with Crippen molar-refractivity contribution in [2.24, 2.45) is 0 Å². The second-order valence-electron chi connectivity index (χ2n) is 4.76. The maximum absolute atomic E-state index is 5.59. The van der Waals surface area contributed by atoms with Crippen molar-refractivity contribution < 1.29 is 9.47 Å². The number of hydrogen-bond acceptors (Lipinski definition) is 3. The topological polar surface area (TPSA) is 30.5 Å². The van der Waals surface area contributed by atoms with Gasteiger partial charge in [-0.1, -0.05) is 31.2 Å². The van der Waals surface area contributed by atoms with Crippen LogP contribution in [-0.2, 0) is 9.47 Å². The van der Waals surface area contributed by atoms with Gasteiger partial charge in [0.05, 0.1) is 13.2 Å². The lowest BCUT2D eigenvalue weighted by Gasteiger charge is -2.20. The molecule has 1 aromatic carbocycles. The molecule has 1 aromatic rings. The molecule has 1 rings (SSSR count). The Labute approximate surface area is 117 Å². The number of aryl methyl sites for hydroxylation is 1. The van der Waals surface area contributed by atoms with Crippen LogP contribution in [0.25, 0.3) is 0 Å². The number of rotatable bonds is 10. The highest BCUT2D eigenvalue weighted by Crippen LogP contribution is 2.22. The molecule has 0 saturated heterocycles. The average Bonchev–Trinajstić information content (AvgIpc) is 2.43. The Balaban J connectivity index is 2.49. The predicted molar refractivity (Wildman–Crippen MR) is 79.8 cm³/mol. The normalized spacial score (nSPS) is 12.6. The van der Waals surface area contributed by atoms with E-state index in [0.717, 1.165) is 26.1 Å². The van der Waals surface area contributed by atoms with Crippen LogP contribution in [0.5, 0.6) is 0 Å². The lowest BCUT2D eigenvalue weighted by atomic mass is 9.92. The minimum atomic E-state index is 0.517. The Kier molecular flexibility index (Phi) is 8.47. The summed E-state index contributed by atoms with van der Waals surface area (Å²) in [6.07, 6.45) is 1.04. The Hall–Kier alpha value is -0.900. The maximum atomic E-state index is 5.59. The van der Waals surface area contributed by atoms with Crippen LogP contribution in [0, 0.1) is 6.92 Å². The molecule has 3 nitrogen and oxygen atoms in total. The zero-order valence-electron chi connectivity index (χ0n) is 12.4. The summed E-state index contributed by atoms with van der Waals surface area (Å²) in [6.45, 7) is 8.47. The van der Waals surface area contributed by atoms with Gasteiger partial charge in [0.15, 0.2) is 0 Å². The van der Waals surface area contributed by atoms with E-state index in [-0.39, 0.29) is 0 Å². The Morgan fingerprint density at radius 3 is 2.63 bits per heavy atom. The van der Waals surface area contributed by atoms with Gasteiger partial charge in [-0.15, -0.1) is 0 Å². The molecule has 1 atom stereocenters. The van der Waals surface area contributed by atoms with E-state index in [4.69, 9.17) is 9.47 Å². The summed E-state index contributed by atoms with van der Waals surface area (Å²) >= 11 is 0. The second-order valence-corrected chi connectivity index (χ2v) is 4.76. The molecule has 0 fully saturated rings. The SMILES string of the molecule is CCNCC(CCOCCOC)c1ccccc1C. The number of benzene rings is 1. The Morgan fingerprint density at radius 1 is 1.16 bits per heavy atom. The van der Waals surface area contributed by atoms with E-state index in [1.807, 2.05) is 0 Å². The van der Waals surface area contributed by atoms with Crippen molar-refractivity contribution in [2.45, 2.75) is 26.2 Å². The van der Waals surface area contributed by atoms with Crippen LogP contribution in [0.2, 0.25) is 0 Å². The van der Waals surface area contributed by atoms with E-state index in [9.17, 15) is 0 Å². The standard InChI is InChI=1S/C16H27NO2/c1-4-17-13-15(9-10-19-12-11-18-3)16-8-6-5-7-14(16)2/h5-8,15,17H,4,9-13H2,1-3H3. The highest BCUT2D eigenvalue weighted by atomic mass is 16.5. The van der Waals surface area contributed by atoms with Crippen LogP contribution in [0.4, 0.5) is 0 Å². The highest BCUT2D eigenvalue weighted by Gasteiger charge is 2.12. The van der Waals surface area contributed by atoms with Gasteiger partial charge in [-0.25, -0.2) is 0 Å². The summed E-state index contributed by atoms with van der Waals surface area (Å²) in [6, 6.07) is 8.62. The van der Waals surface area contributed by atoms with Crippen LogP contribution >= 0.6 is 0 Å². The van der Waals surface area contributed by atoms with Gasteiger partial charge in [0.25, 0.3) is 0 Å². The number of methoxy groups -OCH3 is 1. The molecule has 1 N–H and O–H groups in total. The van der Waals surface area contributed by atoms with Gasteiger partial charge in [0, 0.05) is 20.3 Å². The van der Waals surface area contributed by atoms with Crippen molar-refractivity contribution in [3.63, 3.8) is 0 Å². The molecule has 19 heavy (non-hydrogen) atoms. The summed E-state index contributed by atoms with van der Waals surface area (Å²) in [5.74, 6) is 0.517. The van der Waals surface area contributed by atoms with Crippen molar-refractivity contribution in [2.75, 3.05) is 40.0 Å². The molecule has 0 aromatic heterocycles. The molecular formula is C16H27NO2. The first kappa shape index (κ1) is 16.2. The fourth-order valence-electron chi connectivity index (χ4n) is 2.20. The molecule has 0 spiro atoms. The Bertz CT molecular complexity index is 341. The molecule has 1 unspecified atom stereocenters. The number of nitrogens with one attached hydrogen (secondary N) is 1. The predicted octanol–water partition coefficient (Wildman–Crippen LogP) is 2.74. The molecule has 0 aliphatic rings. The third-order valence-electron chi connectivity index (χ3n) is 3.31. The zero-order chi connectivity index (χ0) is 13.9. The van der Waals surface area contributed by atoms with Crippen LogP contribution < -0.4 is 5.32 Å². The number of likely N-dealkylation sites (N-methyl/N-ethyl adjacent to an activating group) is 1. The van der Waals surface area contributed by atoms with Crippen molar-refractivity contribution in [1.82, 2.24) is 5.32 Å². The van der Waals surface area contributed by atoms with E-state index in [0.29, 0.717) is 19.1 Å². The lowest BCUT2D eigenvalue weighted by Crippen LogP contribution is -2.23. The first-order chi connectivity index (χ1) is 9.29. The highest BCUT2D eigenvalue weighted by molar-refractivity contribution is 5.29. The fraction of sp³-hybridized carbons (Fsp3) is 0.625. The van der Waals surface area contributed by atoms with Crippen LogP contribution in [0.15, 0.2) is 24.3 Å². The molecule has 0 heterocycles. The number of ether oxygens (including phenoxy) is 2. The molecular weight excluding hydrogens is 238 g/mol. The summed E-state index contributed by atoms with van der Waals surface area (Å²) < 4.78 is 10.6. The van der Waals surface area contributed by atoms with E-state index in [2.05, 4.69) is 43.4 Å². The Morgan fingerprint density at radius 2 is 1.95 bits per heavy atom. The first-order valence-electron chi connectivity index (χ1n) is 7.12. The van der Waals surface area contributed by atoms with Gasteiger partial charge in [-0.05, 0) is 36.9 Å². The first-order valence-corrected chi connectivity index (χ1v) is 7.12. The van der Waals surface area contributed by atoms with Crippen LogP contribution in [0.3, 0.4) is 0 Å². The van der Waals surface area contributed by atoms with Crippen molar-refractivity contribution in [3.8, 4) is 0 Å². The summed E-state index contributed by atoms with van der Waals surface area (Å²) in [5.41, 5.74) is 2.79. The van der Waals surface area contributed by atoms with Crippen molar-refractivity contribution in [1.29, 1.82) is 0 Å². The maximum Gasteiger partial charge on any atom is 0.0700 e. The van der Waals surface area contributed by atoms with Gasteiger partial charge >= 0.3 is 0 Å². The molecule has 108 valence electrons. The number of hydrogen-bond donors (Lipinski definition) is 1. The third-order valence-corrected chi connectivity index (χ3v) is 3.31. The quantitative estimate of drug-likeness (QED) is 0.660. The van der Waals surface area contributed by atoms with Gasteiger partial charge in [-0.3, -0.25) is 0 Å². The summed E-state index contributed by atoms with van der Waals surface area (Å²) in [4.78, 5) is 0. The summed E-state index contributed by atoms with van der Waals surface area (Å²) in [5, 5.41) is 3.45. The van der Waals surface area contributed by atoms with E-state index < -0.39 is 0 Å². The molecule has 0 saturated carbocycles. The fourth-order valence-corrected chi connectivity index (χ4v) is 2.20. The smallest absolute Gasteiger partial charge is 0.0700 e. The molecule has 0 radical (unpaired) electrons. The monoisotopic (exact) mass is 265 g/mol. The molecule has 3 heteroatoms. The van der Waals surface area contributed by atoms with E-state index in [1.54, 1.807) is 7.11 Å². The van der Waals surface area contributed by atoms with Crippen molar-refractivity contribution >= 4 is 0 Å². The molecule has 0 aliphatic heterocycles. The third kappa shape index (κ3) is 6.19. The van der Waals surface area contributed by atoms with E-state index in [1.165, 1.54) is 11.1 Å². The molecule has 0 aliphatic carbocycles. The minimum absolute atomic E-state index is 0.517. The lowest BCUT2D eigenvalue weighted by molar-refractivity contribution is 0.0670. The van der Waals surface area contributed by atoms with Gasteiger partial charge in [0.2, 0.25) is 0 Å². The van der Waals surface area contributed by atoms with Gasteiger partial charge in [-0.2, -0.15) is 0 Å². The minimum Gasteiger partial charge on any atom is -0.382 e. The molecule has 0 amide bonds. The second kappa shape index (κ2) is 9.96. The summed E-state index contributed by atoms with van der Waals surface area (Å²) in [7, 11) is 1.70.